The lowest BCUT2D eigenvalue weighted by Gasteiger charge is -2.13. The minimum Gasteiger partial charge on any atom is -0.496 e. The molecule has 10 heteroatoms. The number of ether oxygens (including phenoxy) is 1. The van der Waals surface area contributed by atoms with Crippen molar-refractivity contribution < 1.29 is 31.1 Å². The van der Waals surface area contributed by atoms with Crippen LogP contribution < -0.4 is 14.8 Å². The van der Waals surface area contributed by atoms with Crippen LogP contribution in [0.1, 0.15) is 22.8 Å². The molecule has 0 aliphatic heterocycles. The first-order chi connectivity index (χ1) is 12.6. The maximum Gasteiger partial charge on any atom is 0.416 e. The van der Waals surface area contributed by atoms with Gasteiger partial charge in [-0.3, -0.25) is 9.52 Å². The average Bonchev–Trinajstić information content (AvgIpc) is 2.60. The van der Waals surface area contributed by atoms with Crippen LogP contribution in [0.5, 0.6) is 5.75 Å². The van der Waals surface area contributed by atoms with E-state index in [0.29, 0.717) is 6.54 Å². The molecule has 0 spiro atoms. The molecule has 0 heterocycles. The van der Waals surface area contributed by atoms with E-state index in [-0.39, 0.29) is 21.9 Å². The van der Waals surface area contributed by atoms with Gasteiger partial charge in [-0.05, 0) is 49.4 Å². The molecule has 146 valence electrons. The van der Waals surface area contributed by atoms with Crippen molar-refractivity contribution in [3.05, 3.63) is 53.6 Å². The number of hydrogen-bond donors (Lipinski definition) is 2. The van der Waals surface area contributed by atoms with Crippen molar-refractivity contribution in [2.75, 3.05) is 18.4 Å². The van der Waals surface area contributed by atoms with Crippen LogP contribution in [0.2, 0.25) is 0 Å². The molecule has 0 saturated carbocycles. The van der Waals surface area contributed by atoms with Gasteiger partial charge in [0.2, 0.25) is 0 Å². The summed E-state index contributed by atoms with van der Waals surface area (Å²) in [5, 5.41) is 2.54. The van der Waals surface area contributed by atoms with Crippen LogP contribution in [0.25, 0.3) is 0 Å². The standard InChI is InChI=1S/C17H17F3N2O4S/c1-3-21-16(23)14-10-13(8-9-15(14)26-2)27(24,25)22-12-6-4-11(5-7-12)17(18,19)20/h4-10,22H,3H2,1-2H3,(H,21,23). The molecule has 0 atom stereocenters. The molecule has 0 aromatic heterocycles. The summed E-state index contributed by atoms with van der Waals surface area (Å²) < 4.78 is 70.0. The fourth-order valence-corrected chi connectivity index (χ4v) is 3.31. The van der Waals surface area contributed by atoms with Crippen molar-refractivity contribution in [3.63, 3.8) is 0 Å². The molecule has 27 heavy (non-hydrogen) atoms. The molecule has 6 nitrogen and oxygen atoms in total. The van der Waals surface area contributed by atoms with Gasteiger partial charge < -0.3 is 10.1 Å². The molecule has 0 fully saturated rings. The Labute approximate surface area is 154 Å². The van der Waals surface area contributed by atoms with Crippen molar-refractivity contribution in [2.45, 2.75) is 18.0 Å². The van der Waals surface area contributed by atoms with Gasteiger partial charge in [-0.2, -0.15) is 13.2 Å². The molecule has 2 aromatic rings. The number of carbonyl (C=O) groups is 1. The molecule has 2 rings (SSSR count). The van der Waals surface area contributed by atoms with Crippen LogP contribution in [0, 0.1) is 0 Å². The summed E-state index contributed by atoms with van der Waals surface area (Å²) in [6.45, 7) is 2.04. The Hall–Kier alpha value is -2.75. The fraction of sp³-hybridized carbons (Fsp3) is 0.235. The number of nitrogens with one attached hydrogen (secondary N) is 2. The van der Waals surface area contributed by atoms with Crippen LogP contribution in [0.4, 0.5) is 18.9 Å². The van der Waals surface area contributed by atoms with Crippen LogP contribution in [0.3, 0.4) is 0 Å². The Morgan fingerprint density at radius 3 is 2.26 bits per heavy atom. The first kappa shape index (κ1) is 20.6. The third-order valence-corrected chi connectivity index (χ3v) is 4.91. The first-order valence-electron chi connectivity index (χ1n) is 7.75. The van der Waals surface area contributed by atoms with E-state index in [1.165, 1.54) is 19.2 Å². The van der Waals surface area contributed by atoms with Crippen molar-refractivity contribution in [3.8, 4) is 5.75 Å². The lowest BCUT2D eigenvalue weighted by molar-refractivity contribution is -0.137. The van der Waals surface area contributed by atoms with Gasteiger partial charge in [-0.15, -0.1) is 0 Å². The van der Waals surface area contributed by atoms with Crippen LogP contribution in [-0.4, -0.2) is 28.0 Å². The maximum absolute atomic E-state index is 12.6. The largest absolute Gasteiger partial charge is 0.496 e. The summed E-state index contributed by atoms with van der Waals surface area (Å²) >= 11 is 0. The van der Waals surface area contributed by atoms with Gasteiger partial charge in [0, 0.05) is 12.2 Å². The monoisotopic (exact) mass is 402 g/mol. The highest BCUT2D eigenvalue weighted by Crippen LogP contribution is 2.30. The molecule has 0 aliphatic carbocycles. The van der Waals surface area contributed by atoms with Gasteiger partial charge in [-0.1, -0.05) is 0 Å². The minimum absolute atomic E-state index is 0.0228. The van der Waals surface area contributed by atoms with Crippen LogP contribution in [0.15, 0.2) is 47.4 Å². The number of methoxy groups -OCH3 is 1. The zero-order chi connectivity index (χ0) is 20.2. The second-order valence-electron chi connectivity index (χ2n) is 5.40. The molecule has 2 N–H and O–H groups in total. The molecule has 0 unspecified atom stereocenters. The third-order valence-electron chi connectivity index (χ3n) is 3.53. The van der Waals surface area contributed by atoms with E-state index < -0.39 is 27.7 Å². The Kier molecular flexibility index (Phi) is 5.99. The van der Waals surface area contributed by atoms with Crippen molar-refractivity contribution in [1.82, 2.24) is 5.32 Å². The van der Waals surface area contributed by atoms with Gasteiger partial charge in [0.1, 0.15) is 5.75 Å². The number of amides is 1. The SMILES string of the molecule is CCNC(=O)c1cc(S(=O)(=O)Nc2ccc(C(F)(F)F)cc2)ccc1OC. The number of alkyl halides is 3. The fourth-order valence-electron chi connectivity index (χ4n) is 2.23. The zero-order valence-electron chi connectivity index (χ0n) is 14.4. The normalized spacial score (nSPS) is 11.7. The third kappa shape index (κ3) is 4.91. The number of benzene rings is 2. The van der Waals surface area contributed by atoms with Gasteiger partial charge in [-0.25, -0.2) is 8.42 Å². The Morgan fingerprint density at radius 1 is 1.11 bits per heavy atom. The quantitative estimate of drug-likeness (QED) is 0.777. The summed E-state index contributed by atoms with van der Waals surface area (Å²) in [5.41, 5.74) is -0.915. The summed E-state index contributed by atoms with van der Waals surface area (Å²) in [7, 11) is -2.78. The smallest absolute Gasteiger partial charge is 0.416 e. The molecular weight excluding hydrogens is 385 g/mol. The Bertz CT molecular complexity index is 926. The number of hydrogen-bond acceptors (Lipinski definition) is 4. The van der Waals surface area contributed by atoms with Gasteiger partial charge in [0.25, 0.3) is 15.9 Å². The highest BCUT2D eigenvalue weighted by Gasteiger charge is 2.30. The number of rotatable bonds is 6. The Balaban J connectivity index is 2.33. The lowest BCUT2D eigenvalue weighted by Crippen LogP contribution is -2.24. The summed E-state index contributed by atoms with van der Waals surface area (Å²) in [6.07, 6.45) is -4.52. The average molecular weight is 402 g/mol. The van der Waals surface area contributed by atoms with E-state index in [0.717, 1.165) is 30.3 Å². The molecule has 0 bridgehead atoms. The maximum atomic E-state index is 12.6. The molecule has 0 aliphatic rings. The summed E-state index contributed by atoms with van der Waals surface area (Å²) in [4.78, 5) is 11.8. The highest BCUT2D eigenvalue weighted by molar-refractivity contribution is 7.92. The lowest BCUT2D eigenvalue weighted by atomic mass is 10.2. The molecule has 0 saturated heterocycles. The second-order valence-corrected chi connectivity index (χ2v) is 7.08. The second kappa shape index (κ2) is 7.87. The number of sulfonamides is 1. The topological polar surface area (TPSA) is 84.5 Å². The molecule has 0 radical (unpaired) electrons. The summed E-state index contributed by atoms with van der Waals surface area (Å²) in [5.74, 6) is -0.324. The number of halogens is 3. The minimum atomic E-state index is -4.52. The predicted molar refractivity (Wildman–Crippen MR) is 93.3 cm³/mol. The highest BCUT2D eigenvalue weighted by atomic mass is 32.2. The van der Waals surface area contributed by atoms with Crippen molar-refractivity contribution in [1.29, 1.82) is 0 Å². The van der Waals surface area contributed by atoms with Crippen molar-refractivity contribution >= 4 is 21.6 Å². The van der Waals surface area contributed by atoms with E-state index in [1.807, 2.05) is 0 Å². The van der Waals surface area contributed by atoms with Gasteiger partial charge in [0.05, 0.1) is 23.1 Å². The van der Waals surface area contributed by atoms with Crippen molar-refractivity contribution in [2.24, 2.45) is 0 Å². The zero-order valence-corrected chi connectivity index (χ0v) is 15.2. The van der Waals surface area contributed by atoms with Gasteiger partial charge in [0.15, 0.2) is 0 Å². The molecular formula is C17H17F3N2O4S. The van der Waals surface area contributed by atoms with E-state index in [1.54, 1.807) is 6.92 Å². The van der Waals surface area contributed by atoms with Crippen LogP contribution >= 0.6 is 0 Å². The Morgan fingerprint density at radius 2 is 1.74 bits per heavy atom. The molecule has 1 amide bonds. The van der Waals surface area contributed by atoms with E-state index >= 15 is 0 Å². The van der Waals surface area contributed by atoms with E-state index in [4.69, 9.17) is 4.74 Å². The van der Waals surface area contributed by atoms with Crippen LogP contribution in [-0.2, 0) is 16.2 Å². The van der Waals surface area contributed by atoms with E-state index in [2.05, 4.69) is 10.0 Å². The first-order valence-corrected chi connectivity index (χ1v) is 9.23. The van der Waals surface area contributed by atoms with Gasteiger partial charge >= 0.3 is 6.18 Å². The number of anilines is 1. The predicted octanol–water partition coefficient (Wildman–Crippen LogP) is 3.26. The molecule has 2 aromatic carbocycles. The summed E-state index contributed by atoms with van der Waals surface area (Å²) in [6, 6.07) is 7.25. The van der Waals surface area contributed by atoms with E-state index in [9.17, 15) is 26.4 Å². The number of carbonyl (C=O) groups excluding carboxylic acids is 1.